The minimum atomic E-state index is -0.592. The summed E-state index contributed by atoms with van der Waals surface area (Å²) in [5, 5.41) is 22.2. The Morgan fingerprint density at radius 2 is 0.842 bits per heavy atom. The minimum absolute atomic E-state index is 0.0192. The number of phenolic OH excluding ortho intramolecular Hbond substituents is 2. The van der Waals surface area contributed by atoms with Gasteiger partial charge < -0.3 is 21.7 Å². The van der Waals surface area contributed by atoms with Crippen molar-refractivity contribution in [1.82, 2.24) is 0 Å². The number of aryl methyl sites for hydroxylation is 2. The molecule has 3 rings (SSSR count). The van der Waals surface area contributed by atoms with Crippen LogP contribution in [0.25, 0.3) is 0 Å². The number of nitrogens with two attached hydrogens (primary N) is 2. The molecule has 208 valence electrons. The van der Waals surface area contributed by atoms with Crippen molar-refractivity contribution in [3.05, 3.63) is 45.5 Å². The zero-order valence-corrected chi connectivity index (χ0v) is 23.3. The number of anilines is 2. The molecule has 2 aromatic rings. The Morgan fingerprint density at radius 3 is 1.21 bits per heavy atom. The molecule has 0 aliphatic heterocycles. The average molecular weight is 523 g/mol. The summed E-state index contributed by atoms with van der Waals surface area (Å²) >= 11 is 0. The first-order valence-corrected chi connectivity index (χ1v) is 14.7. The van der Waals surface area contributed by atoms with E-state index in [1.165, 1.54) is 51.4 Å². The van der Waals surface area contributed by atoms with Crippen LogP contribution in [0.5, 0.6) is 11.5 Å². The summed E-state index contributed by atoms with van der Waals surface area (Å²) in [4.78, 5) is 27.1. The van der Waals surface area contributed by atoms with E-state index in [9.17, 15) is 19.8 Å². The molecular formula is C32H46N2O4. The van der Waals surface area contributed by atoms with Crippen LogP contribution in [-0.4, -0.2) is 21.8 Å². The van der Waals surface area contributed by atoms with E-state index in [0.717, 1.165) is 38.5 Å². The molecule has 0 spiro atoms. The van der Waals surface area contributed by atoms with Crippen molar-refractivity contribution in [2.24, 2.45) is 0 Å². The van der Waals surface area contributed by atoms with Gasteiger partial charge in [0.25, 0.3) is 0 Å². The molecule has 0 unspecified atom stereocenters. The van der Waals surface area contributed by atoms with Crippen LogP contribution >= 0.6 is 0 Å². The van der Waals surface area contributed by atoms with Crippen molar-refractivity contribution in [3.8, 4) is 11.5 Å². The Labute approximate surface area is 227 Å². The van der Waals surface area contributed by atoms with Crippen LogP contribution in [0.4, 0.5) is 11.4 Å². The summed E-state index contributed by atoms with van der Waals surface area (Å²) in [6.07, 6.45) is 16.9. The van der Waals surface area contributed by atoms with E-state index in [0.29, 0.717) is 24.0 Å². The van der Waals surface area contributed by atoms with Crippen molar-refractivity contribution >= 4 is 22.9 Å². The monoisotopic (exact) mass is 522 g/mol. The molecule has 1 aliphatic rings. The van der Waals surface area contributed by atoms with Gasteiger partial charge in [0.2, 0.25) is 5.78 Å². The Balaban J connectivity index is 1.79. The van der Waals surface area contributed by atoms with Gasteiger partial charge in [-0.2, -0.15) is 0 Å². The fourth-order valence-corrected chi connectivity index (χ4v) is 5.61. The number of carbonyl (C=O) groups is 2. The van der Waals surface area contributed by atoms with Crippen molar-refractivity contribution < 1.29 is 19.8 Å². The maximum Gasteiger partial charge on any atom is 0.202 e. The lowest BCUT2D eigenvalue weighted by Crippen LogP contribution is -2.25. The van der Waals surface area contributed by atoms with Crippen LogP contribution in [-0.2, 0) is 12.8 Å². The normalized spacial score (nSPS) is 12.6. The number of hydrogen-bond donors (Lipinski definition) is 4. The molecule has 0 fully saturated rings. The third-order valence-corrected chi connectivity index (χ3v) is 7.83. The van der Waals surface area contributed by atoms with Crippen LogP contribution in [0.2, 0.25) is 0 Å². The van der Waals surface area contributed by atoms with Crippen LogP contribution in [0, 0.1) is 0 Å². The zero-order valence-electron chi connectivity index (χ0n) is 23.3. The molecule has 0 heterocycles. The molecule has 38 heavy (non-hydrogen) atoms. The Kier molecular flexibility index (Phi) is 11.1. The highest BCUT2D eigenvalue weighted by molar-refractivity contribution is 6.33. The number of phenols is 2. The topological polar surface area (TPSA) is 127 Å². The quantitative estimate of drug-likeness (QED) is 0.0870. The van der Waals surface area contributed by atoms with Crippen LogP contribution in [0.15, 0.2) is 12.1 Å². The van der Waals surface area contributed by atoms with Gasteiger partial charge in [0.1, 0.15) is 11.5 Å². The van der Waals surface area contributed by atoms with E-state index in [-0.39, 0.29) is 45.1 Å². The van der Waals surface area contributed by atoms with Crippen LogP contribution in [0.3, 0.4) is 0 Å². The first-order valence-electron chi connectivity index (χ1n) is 14.7. The molecule has 6 heteroatoms. The lowest BCUT2D eigenvalue weighted by Gasteiger charge is -2.24. The van der Waals surface area contributed by atoms with E-state index < -0.39 is 11.6 Å². The van der Waals surface area contributed by atoms with Crippen molar-refractivity contribution in [1.29, 1.82) is 0 Å². The Morgan fingerprint density at radius 1 is 0.526 bits per heavy atom. The smallest absolute Gasteiger partial charge is 0.202 e. The third-order valence-electron chi connectivity index (χ3n) is 7.83. The molecule has 0 bridgehead atoms. The third kappa shape index (κ3) is 6.69. The zero-order chi connectivity index (χ0) is 27.7. The molecule has 0 radical (unpaired) electrons. The first kappa shape index (κ1) is 29.5. The number of fused-ring (bicyclic) bond motifs is 2. The largest absolute Gasteiger partial charge is 0.507 e. The predicted octanol–water partition coefficient (Wildman–Crippen LogP) is 7.62. The number of hydrogen-bond acceptors (Lipinski definition) is 6. The summed E-state index contributed by atoms with van der Waals surface area (Å²) in [6.45, 7) is 4.39. The number of nitrogen functional groups attached to an aromatic ring is 2. The van der Waals surface area contributed by atoms with Crippen molar-refractivity contribution in [3.63, 3.8) is 0 Å². The van der Waals surface area contributed by atoms with Crippen LogP contribution in [0.1, 0.15) is 147 Å². The lowest BCUT2D eigenvalue weighted by atomic mass is 9.79. The molecule has 6 N–H and O–H groups in total. The van der Waals surface area contributed by atoms with E-state index in [4.69, 9.17) is 11.5 Å². The molecule has 0 atom stereocenters. The summed E-state index contributed by atoms with van der Waals surface area (Å²) in [5.74, 6) is -1.54. The van der Waals surface area contributed by atoms with E-state index >= 15 is 0 Å². The number of unbranched alkanes of at least 4 members (excludes halogenated alkanes) is 12. The second-order valence-corrected chi connectivity index (χ2v) is 10.8. The average Bonchev–Trinajstić information content (AvgIpc) is 2.89. The van der Waals surface area contributed by atoms with Gasteiger partial charge >= 0.3 is 0 Å². The summed E-state index contributed by atoms with van der Waals surface area (Å²) < 4.78 is 0. The van der Waals surface area contributed by atoms with Gasteiger partial charge in [-0.25, -0.2) is 0 Å². The van der Waals surface area contributed by atoms with Gasteiger partial charge in [-0.05, 0) is 48.9 Å². The standard InChI is InChI=1S/C32H46N2O4/c1-3-5-7-9-11-13-15-17-21-19-23(33)25-27(29(21)35)32(38)28-26(31(25)37)24(34)20-22(30(28)36)18-16-14-12-10-8-6-4-2/h19-20,35-36H,3-18,33-34H2,1-2H3. The highest BCUT2D eigenvalue weighted by Gasteiger charge is 2.39. The first-order chi connectivity index (χ1) is 18.3. The van der Waals surface area contributed by atoms with Crippen molar-refractivity contribution in [2.45, 2.75) is 117 Å². The number of benzene rings is 2. The molecule has 6 nitrogen and oxygen atoms in total. The highest BCUT2D eigenvalue weighted by atomic mass is 16.3. The summed E-state index contributed by atoms with van der Waals surface area (Å²) in [5.41, 5.74) is 13.7. The molecule has 0 amide bonds. The molecule has 1 aliphatic carbocycles. The van der Waals surface area contributed by atoms with Gasteiger partial charge in [0.05, 0.1) is 22.3 Å². The van der Waals surface area contributed by atoms with Gasteiger partial charge in [0.15, 0.2) is 5.78 Å². The summed E-state index contributed by atoms with van der Waals surface area (Å²) in [7, 11) is 0. The molecule has 0 saturated carbocycles. The highest BCUT2D eigenvalue weighted by Crippen LogP contribution is 2.44. The fourth-order valence-electron chi connectivity index (χ4n) is 5.61. The second kappa shape index (κ2) is 14.2. The molecule has 0 aromatic heterocycles. The molecular weight excluding hydrogens is 476 g/mol. The van der Waals surface area contributed by atoms with Crippen LogP contribution < -0.4 is 11.5 Å². The van der Waals surface area contributed by atoms with Gasteiger partial charge in [-0.1, -0.05) is 90.9 Å². The Bertz CT molecular complexity index is 1050. The van der Waals surface area contributed by atoms with Gasteiger partial charge in [-0.15, -0.1) is 0 Å². The maximum atomic E-state index is 13.7. The number of rotatable bonds is 16. The minimum Gasteiger partial charge on any atom is -0.507 e. The SMILES string of the molecule is CCCCCCCCCc1cc(N)c2c(c1O)C(=O)c1c(O)c(CCCCCCCCC)cc(N)c1C2=O. The van der Waals surface area contributed by atoms with Gasteiger partial charge in [-0.3, -0.25) is 9.59 Å². The second-order valence-electron chi connectivity index (χ2n) is 10.8. The van der Waals surface area contributed by atoms with E-state index in [1.54, 1.807) is 12.1 Å². The van der Waals surface area contributed by atoms with Crippen molar-refractivity contribution in [2.75, 3.05) is 11.5 Å². The Hall–Kier alpha value is -3.02. The number of aromatic hydroxyl groups is 2. The summed E-state index contributed by atoms with van der Waals surface area (Å²) in [6, 6.07) is 3.21. The maximum absolute atomic E-state index is 13.7. The molecule has 0 saturated heterocycles. The lowest BCUT2D eigenvalue weighted by molar-refractivity contribution is 0.0975. The van der Waals surface area contributed by atoms with E-state index in [1.807, 2.05) is 0 Å². The van der Waals surface area contributed by atoms with E-state index in [2.05, 4.69) is 13.8 Å². The number of carbonyl (C=O) groups excluding carboxylic acids is 2. The fraction of sp³-hybridized carbons (Fsp3) is 0.562. The molecule has 2 aromatic carbocycles. The predicted molar refractivity (Wildman–Crippen MR) is 155 cm³/mol. The number of ketones is 2. The van der Waals surface area contributed by atoms with Gasteiger partial charge in [0, 0.05) is 11.4 Å².